The standard InChI is InChI=1S/C9H16N2O3/c1-6(9(13)14)11-8(12)5-10-4-7-2-3-7/h6-7,10H,2-5H2,1H3,(H,11,12)(H,13,14). The van der Waals surface area contributed by atoms with E-state index in [4.69, 9.17) is 5.11 Å². The first kappa shape index (κ1) is 11.0. The number of aliphatic carboxylic acids is 1. The molecule has 1 fully saturated rings. The number of rotatable bonds is 6. The fraction of sp³-hybridized carbons (Fsp3) is 0.778. The van der Waals surface area contributed by atoms with E-state index in [0.717, 1.165) is 12.5 Å². The third-order valence-corrected chi connectivity index (χ3v) is 2.16. The van der Waals surface area contributed by atoms with Gasteiger partial charge in [0.15, 0.2) is 0 Å². The van der Waals surface area contributed by atoms with Crippen LogP contribution in [0.5, 0.6) is 0 Å². The molecular weight excluding hydrogens is 184 g/mol. The summed E-state index contributed by atoms with van der Waals surface area (Å²) in [6.07, 6.45) is 2.47. The molecule has 0 radical (unpaired) electrons. The van der Waals surface area contributed by atoms with Gasteiger partial charge in [-0.05, 0) is 32.2 Å². The zero-order valence-electron chi connectivity index (χ0n) is 8.25. The average Bonchev–Trinajstić information content (AvgIpc) is 2.87. The molecule has 80 valence electrons. The van der Waals surface area contributed by atoms with Crippen molar-refractivity contribution < 1.29 is 14.7 Å². The quantitative estimate of drug-likeness (QED) is 0.544. The van der Waals surface area contributed by atoms with Crippen LogP contribution in [0.15, 0.2) is 0 Å². The molecule has 3 N–H and O–H groups in total. The molecule has 5 heteroatoms. The molecule has 1 unspecified atom stereocenters. The Morgan fingerprint density at radius 3 is 2.64 bits per heavy atom. The molecule has 0 heterocycles. The Labute approximate surface area is 82.9 Å². The smallest absolute Gasteiger partial charge is 0.325 e. The Bertz CT molecular complexity index is 226. The van der Waals surface area contributed by atoms with Gasteiger partial charge in [0.05, 0.1) is 6.54 Å². The van der Waals surface area contributed by atoms with Gasteiger partial charge >= 0.3 is 5.97 Å². The van der Waals surface area contributed by atoms with E-state index in [0.29, 0.717) is 0 Å². The third-order valence-electron chi connectivity index (χ3n) is 2.16. The van der Waals surface area contributed by atoms with Crippen LogP contribution in [0, 0.1) is 5.92 Å². The minimum Gasteiger partial charge on any atom is -0.480 e. The van der Waals surface area contributed by atoms with Crippen molar-refractivity contribution in [2.75, 3.05) is 13.1 Å². The molecule has 0 bridgehead atoms. The fourth-order valence-electron chi connectivity index (χ4n) is 1.07. The lowest BCUT2D eigenvalue weighted by atomic mass is 10.3. The highest BCUT2D eigenvalue weighted by Crippen LogP contribution is 2.27. The lowest BCUT2D eigenvalue weighted by molar-refractivity contribution is -0.141. The van der Waals surface area contributed by atoms with Crippen molar-refractivity contribution in [3.63, 3.8) is 0 Å². The fourth-order valence-corrected chi connectivity index (χ4v) is 1.07. The van der Waals surface area contributed by atoms with Gasteiger partial charge in [-0.2, -0.15) is 0 Å². The summed E-state index contributed by atoms with van der Waals surface area (Å²) in [6.45, 7) is 2.50. The van der Waals surface area contributed by atoms with Crippen LogP contribution in [-0.2, 0) is 9.59 Å². The Morgan fingerprint density at radius 1 is 1.50 bits per heavy atom. The van der Waals surface area contributed by atoms with Crippen LogP contribution in [0.4, 0.5) is 0 Å². The number of carboxylic acids is 1. The highest BCUT2D eigenvalue weighted by atomic mass is 16.4. The zero-order valence-corrected chi connectivity index (χ0v) is 8.25. The lowest BCUT2D eigenvalue weighted by Crippen LogP contribution is -2.43. The van der Waals surface area contributed by atoms with Crippen molar-refractivity contribution in [2.45, 2.75) is 25.8 Å². The van der Waals surface area contributed by atoms with Gasteiger partial charge in [-0.25, -0.2) is 0 Å². The first-order valence-electron chi connectivity index (χ1n) is 4.82. The van der Waals surface area contributed by atoms with E-state index in [1.165, 1.54) is 19.8 Å². The maximum Gasteiger partial charge on any atom is 0.325 e. The first-order valence-corrected chi connectivity index (χ1v) is 4.82. The summed E-state index contributed by atoms with van der Waals surface area (Å²) in [5.41, 5.74) is 0. The van der Waals surface area contributed by atoms with Crippen molar-refractivity contribution in [3.05, 3.63) is 0 Å². The van der Waals surface area contributed by atoms with Gasteiger partial charge < -0.3 is 15.7 Å². The SMILES string of the molecule is CC(NC(=O)CNCC1CC1)C(=O)O. The molecule has 1 rings (SSSR count). The molecule has 14 heavy (non-hydrogen) atoms. The molecule has 0 saturated heterocycles. The number of nitrogens with one attached hydrogen (secondary N) is 2. The normalized spacial score (nSPS) is 17.5. The van der Waals surface area contributed by atoms with Crippen LogP contribution in [0.25, 0.3) is 0 Å². The molecular formula is C9H16N2O3. The minimum absolute atomic E-state index is 0.203. The monoisotopic (exact) mass is 200 g/mol. The van der Waals surface area contributed by atoms with E-state index in [1.54, 1.807) is 0 Å². The van der Waals surface area contributed by atoms with Crippen LogP contribution >= 0.6 is 0 Å². The first-order chi connectivity index (χ1) is 6.59. The predicted molar refractivity (Wildman–Crippen MR) is 50.8 cm³/mol. The van der Waals surface area contributed by atoms with E-state index >= 15 is 0 Å². The molecule has 0 aliphatic heterocycles. The van der Waals surface area contributed by atoms with Gasteiger partial charge in [-0.1, -0.05) is 0 Å². The third kappa shape index (κ3) is 4.23. The number of carboxylic acid groups (broad SMARTS) is 1. The Hall–Kier alpha value is -1.10. The highest BCUT2D eigenvalue weighted by molar-refractivity contribution is 5.84. The summed E-state index contributed by atoms with van der Waals surface area (Å²) in [7, 11) is 0. The van der Waals surface area contributed by atoms with Crippen LogP contribution in [-0.4, -0.2) is 36.1 Å². The van der Waals surface area contributed by atoms with Crippen molar-refractivity contribution in [1.82, 2.24) is 10.6 Å². The molecule has 0 spiro atoms. The number of amides is 1. The average molecular weight is 200 g/mol. The summed E-state index contributed by atoms with van der Waals surface area (Å²) in [5, 5.41) is 13.9. The van der Waals surface area contributed by atoms with Crippen molar-refractivity contribution >= 4 is 11.9 Å². The molecule has 1 amide bonds. The number of hydrogen-bond acceptors (Lipinski definition) is 3. The molecule has 1 aliphatic carbocycles. The zero-order chi connectivity index (χ0) is 10.6. The maximum absolute atomic E-state index is 11.1. The van der Waals surface area contributed by atoms with Gasteiger partial charge in [0.1, 0.15) is 6.04 Å². The van der Waals surface area contributed by atoms with Crippen LogP contribution < -0.4 is 10.6 Å². The Morgan fingerprint density at radius 2 is 2.14 bits per heavy atom. The van der Waals surface area contributed by atoms with E-state index in [1.807, 2.05) is 0 Å². The van der Waals surface area contributed by atoms with E-state index in [-0.39, 0.29) is 12.5 Å². The molecule has 0 aromatic rings. The predicted octanol–water partition coefficient (Wildman–Crippen LogP) is -0.425. The van der Waals surface area contributed by atoms with Gasteiger partial charge in [0.2, 0.25) is 5.91 Å². The highest BCUT2D eigenvalue weighted by Gasteiger charge is 2.21. The van der Waals surface area contributed by atoms with Crippen LogP contribution in [0.3, 0.4) is 0 Å². The molecule has 5 nitrogen and oxygen atoms in total. The summed E-state index contributed by atoms with van der Waals surface area (Å²) in [6, 6.07) is -0.815. The van der Waals surface area contributed by atoms with Crippen molar-refractivity contribution in [1.29, 1.82) is 0 Å². The Kier molecular flexibility index (Phi) is 3.88. The number of hydrogen-bond donors (Lipinski definition) is 3. The van der Waals surface area contributed by atoms with Crippen molar-refractivity contribution in [2.24, 2.45) is 5.92 Å². The van der Waals surface area contributed by atoms with E-state index < -0.39 is 12.0 Å². The van der Waals surface area contributed by atoms with Gasteiger partial charge in [0.25, 0.3) is 0 Å². The number of carbonyl (C=O) groups is 2. The second-order valence-electron chi connectivity index (χ2n) is 3.70. The number of carbonyl (C=O) groups excluding carboxylic acids is 1. The summed E-state index contributed by atoms with van der Waals surface area (Å²) in [4.78, 5) is 21.5. The van der Waals surface area contributed by atoms with Gasteiger partial charge in [0, 0.05) is 0 Å². The topological polar surface area (TPSA) is 78.4 Å². The maximum atomic E-state index is 11.1. The lowest BCUT2D eigenvalue weighted by Gasteiger charge is -2.09. The van der Waals surface area contributed by atoms with Crippen LogP contribution in [0.2, 0.25) is 0 Å². The Balaban J connectivity index is 2.05. The molecule has 1 aliphatic rings. The molecule has 0 aromatic heterocycles. The van der Waals surface area contributed by atoms with Gasteiger partial charge in [-0.15, -0.1) is 0 Å². The molecule has 1 atom stereocenters. The van der Waals surface area contributed by atoms with Crippen LogP contribution in [0.1, 0.15) is 19.8 Å². The molecule has 1 saturated carbocycles. The largest absolute Gasteiger partial charge is 0.480 e. The van der Waals surface area contributed by atoms with Gasteiger partial charge in [-0.3, -0.25) is 9.59 Å². The van der Waals surface area contributed by atoms with E-state index in [2.05, 4.69) is 10.6 Å². The summed E-state index contributed by atoms with van der Waals surface area (Å²) >= 11 is 0. The minimum atomic E-state index is -1.01. The molecule has 0 aromatic carbocycles. The van der Waals surface area contributed by atoms with E-state index in [9.17, 15) is 9.59 Å². The summed E-state index contributed by atoms with van der Waals surface area (Å²) in [5.74, 6) is -0.555. The van der Waals surface area contributed by atoms with Crippen molar-refractivity contribution in [3.8, 4) is 0 Å². The second-order valence-corrected chi connectivity index (χ2v) is 3.70. The second kappa shape index (κ2) is 4.95. The summed E-state index contributed by atoms with van der Waals surface area (Å²) < 4.78 is 0.